The summed E-state index contributed by atoms with van der Waals surface area (Å²) in [5.74, 6) is 4.07. The molecule has 5 nitrogen and oxygen atoms in total. The van der Waals surface area contributed by atoms with Crippen molar-refractivity contribution < 1.29 is 18.9 Å². The van der Waals surface area contributed by atoms with Gasteiger partial charge in [-0.2, -0.15) is 0 Å². The first kappa shape index (κ1) is 24.9. The second kappa shape index (κ2) is 11.8. The fourth-order valence-electron chi connectivity index (χ4n) is 3.93. The summed E-state index contributed by atoms with van der Waals surface area (Å²) in [6, 6.07) is 12.7. The molecule has 0 saturated heterocycles. The smallest absolute Gasteiger partial charge is 0.161 e. The number of rotatable bonds is 12. The number of benzene rings is 2. The molecule has 5 heteroatoms. The third-order valence-corrected chi connectivity index (χ3v) is 5.44. The molecule has 0 spiro atoms. The molecule has 0 aliphatic carbocycles. The SMILES string of the molecule is COc1ccc(C(CC(C)C)NC(CC(C)C)c2ccc(OC)c(OC)c2)cc1OC. The van der Waals surface area contributed by atoms with Crippen LogP contribution in [-0.4, -0.2) is 28.4 Å². The molecule has 2 rings (SSSR count). The van der Waals surface area contributed by atoms with Crippen LogP contribution in [0.1, 0.15) is 63.7 Å². The molecule has 0 fully saturated rings. The third-order valence-electron chi connectivity index (χ3n) is 5.44. The molecular weight excluding hydrogens is 390 g/mol. The highest BCUT2D eigenvalue weighted by Gasteiger charge is 2.23. The van der Waals surface area contributed by atoms with Crippen molar-refractivity contribution in [2.24, 2.45) is 11.8 Å². The molecule has 0 saturated carbocycles. The van der Waals surface area contributed by atoms with Crippen LogP contribution in [0.2, 0.25) is 0 Å². The maximum Gasteiger partial charge on any atom is 0.161 e. The van der Waals surface area contributed by atoms with E-state index in [-0.39, 0.29) is 12.1 Å². The Kier molecular flexibility index (Phi) is 9.50. The largest absolute Gasteiger partial charge is 0.493 e. The lowest BCUT2D eigenvalue weighted by molar-refractivity contribution is 0.335. The summed E-state index contributed by atoms with van der Waals surface area (Å²) in [4.78, 5) is 0. The van der Waals surface area contributed by atoms with E-state index >= 15 is 0 Å². The molecule has 31 heavy (non-hydrogen) atoms. The van der Waals surface area contributed by atoms with Crippen LogP contribution < -0.4 is 24.3 Å². The molecular formula is C26H39NO4. The van der Waals surface area contributed by atoms with Crippen molar-refractivity contribution in [1.29, 1.82) is 0 Å². The van der Waals surface area contributed by atoms with Crippen molar-refractivity contribution in [3.05, 3.63) is 47.5 Å². The van der Waals surface area contributed by atoms with Gasteiger partial charge in [0.25, 0.3) is 0 Å². The minimum atomic E-state index is 0.177. The summed E-state index contributed by atoms with van der Waals surface area (Å²) in [5, 5.41) is 3.93. The Hall–Kier alpha value is -2.40. The maximum absolute atomic E-state index is 5.56. The third kappa shape index (κ3) is 6.79. The van der Waals surface area contributed by atoms with Gasteiger partial charge in [-0.15, -0.1) is 0 Å². The number of hydrogen-bond donors (Lipinski definition) is 1. The van der Waals surface area contributed by atoms with Crippen LogP contribution in [0, 0.1) is 11.8 Å². The van der Waals surface area contributed by atoms with Crippen LogP contribution in [0.25, 0.3) is 0 Å². The summed E-state index contributed by atoms with van der Waals surface area (Å²) < 4.78 is 22.0. The number of nitrogens with one attached hydrogen (secondary N) is 1. The first-order valence-electron chi connectivity index (χ1n) is 11.0. The standard InChI is InChI=1S/C26H39NO4/c1-17(2)13-21(19-9-11-23(28-5)25(15-19)30-7)27-22(14-18(3)4)20-10-12-24(29-6)26(16-20)31-8/h9-12,15-18,21-22,27H,13-14H2,1-8H3. The molecule has 0 aromatic heterocycles. The minimum absolute atomic E-state index is 0.177. The van der Waals surface area contributed by atoms with Crippen molar-refractivity contribution >= 4 is 0 Å². The van der Waals surface area contributed by atoms with Crippen molar-refractivity contribution in [3.63, 3.8) is 0 Å². The van der Waals surface area contributed by atoms with E-state index in [0.29, 0.717) is 11.8 Å². The zero-order valence-electron chi connectivity index (χ0n) is 20.3. The van der Waals surface area contributed by atoms with Crippen molar-refractivity contribution in [2.75, 3.05) is 28.4 Å². The first-order valence-corrected chi connectivity index (χ1v) is 11.0. The summed E-state index contributed by atoms with van der Waals surface area (Å²) in [6.07, 6.45) is 2.02. The Balaban J connectivity index is 2.42. The molecule has 0 aliphatic rings. The summed E-state index contributed by atoms with van der Waals surface area (Å²) in [5.41, 5.74) is 2.39. The second-order valence-electron chi connectivity index (χ2n) is 8.76. The summed E-state index contributed by atoms with van der Waals surface area (Å²) >= 11 is 0. The van der Waals surface area contributed by atoms with Crippen molar-refractivity contribution in [1.82, 2.24) is 5.32 Å². The van der Waals surface area contributed by atoms with Crippen LogP contribution in [0.15, 0.2) is 36.4 Å². The first-order chi connectivity index (χ1) is 14.8. The zero-order chi connectivity index (χ0) is 23.0. The molecule has 0 heterocycles. The minimum Gasteiger partial charge on any atom is -0.493 e. The van der Waals surface area contributed by atoms with Gasteiger partial charge in [0.1, 0.15) is 0 Å². The molecule has 2 unspecified atom stereocenters. The highest BCUT2D eigenvalue weighted by molar-refractivity contribution is 5.45. The second-order valence-corrected chi connectivity index (χ2v) is 8.76. The van der Waals surface area contributed by atoms with Crippen LogP contribution in [0.3, 0.4) is 0 Å². The normalized spacial score (nSPS) is 13.2. The molecule has 2 aromatic rings. The van der Waals surface area contributed by atoms with E-state index in [1.54, 1.807) is 28.4 Å². The lowest BCUT2D eigenvalue weighted by Gasteiger charge is -2.30. The molecule has 2 aromatic carbocycles. The Morgan fingerprint density at radius 2 is 0.935 bits per heavy atom. The molecule has 0 radical (unpaired) electrons. The lowest BCUT2D eigenvalue weighted by Crippen LogP contribution is -2.29. The van der Waals surface area contributed by atoms with Crippen LogP contribution in [0.4, 0.5) is 0 Å². The van der Waals surface area contributed by atoms with Gasteiger partial charge < -0.3 is 24.3 Å². The predicted molar refractivity (Wildman–Crippen MR) is 127 cm³/mol. The van der Waals surface area contributed by atoms with Crippen molar-refractivity contribution in [3.8, 4) is 23.0 Å². The molecule has 172 valence electrons. The predicted octanol–water partition coefficient (Wildman–Crippen LogP) is 6.19. The number of ether oxygens (including phenoxy) is 4. The zero-order valence-corrected chi connectivity index (χ0v) is 20.3. The Labute approximate surface area is 188 Å². The van der Waals surface area contributed by atoms with Gasteiger partial charge in [0.2, 0.25) is 0 Å². The Morgan fingerprint density at radius 3 is 1.23 bits per heavy atom. The summed E-state index contributed by atoms with van der Waals surface area (Å²) in [7, 11) is 6.68. The molecule has 0 bridgehead atoms. The summed E-state index contributed by atoms with van der Waals surface area (Å²) in [6.45, 7) is 9.01. The van der Waals surface area contributed by atoms with E-state index in [9.17, 15) is 0 Å². The van der Waals surface area contributed by atoms with Crippen LogP contribution >= 0.6 is 0 Å². The quantitative estimate of drug-likeness (QED) is 0.436. The topological polar surface area (TPSA) is 49.0 Å². The van der Waals surface area contributed by atoms with E-state index in [1.807, 2.05) is 12.1 Å². The van der Waals surface area contributed by atoms with Gasteiger partial charge in [-0.25, -0.2) is 0 Å². The Morgan fingerprint density at radius 1 is 0.581 bits per heavy atom. The molecule has 0 aliphatic heterocycles. The van der Waals surface area contributed by atoms with Gasteiger partial charge in [0, 0.05) is 12.1 Å². The Bertz CT molecular complexity index is 752. The van der Waals surface area contributed by atoms with E-state index in [2.05, 4.69) is 57.3 Å². The van der Waals surface area contributed by atoms with E-state index in [0.717, 1.165) is 35.8 Å². The van der Waals surface area contributed by atoms with E-state index < -0.39 is 0 Å². The van der Waals surface area contributed by atoms with Crippen LogP contribution in [-0.2, 0) is 0 Å². The van der Waals surface area contributed by atoms with Crippen molar-refractivity contribution in [2.45, 2.75) is 52.6 Å². The fourth-order valence-corrected chi connectivity index (χ4v) is 3.93. The van der Waals surface area contributed by atoms with Gasteiger partial charge >= 0.3 is 0 Å². The molecule has 2 atom stereocenters. The number of methoxy groups -OCH3 is 4. The fraction of sp³-hybridized carbons (Fsp3) is 0.538. The highest BCUT2D eigenvalue weighted by Crippen LogP contribution is 2.36. The maximum atomic E-state index is 5.56. The highest BCUT2D eigenvalue weighted by atomic mass is 16.5. The lowest BCUT2D eigenvalue weighted by atomic mass is 9.91. The van der Waals surface area contributed by atoms with Gasteiger partial charge in [0.15, 0.2) is 23.0 Å². The number of hydrogen-bond acceptors (Lipinski definition) is 5. The molecule has 1 N–H and O–H groups in total. The monoisotopic (exact) mass is 429 g/mol. The van der Waals surface area contributed by atoms with Gasteiger partial charge in [0.05, 0.1) is 28.4 Å². The van der Waals surface area contributed by atoms with E-state index in [4.69, 9.17) is 18.9 Å². The van der Waals surface area contributed by atoms with Gasteiger partial charge in [-0.3, -0.25) is 0 Å². The van der Waals surface area contributed by atoms with Gasteiger partial charge in [-0.1, -0.05) is 39.8 Å². The van der Waals surface area contributed by atoms with E-state index in [1.165, 1.54) is 11.1 Å². The molecule has 0 amide bonds. The van der Waals surface area contributed by atoms with Crippen LogP contribution in [0.5, 0.6) is 23.0 Å². The average molecular weight is 430 g/mol. The van der Waals surface area contributed by atoms with Gasteiger partial charge in [-0.05, 0) is 60.1 Å². The average Bonchev–Trinajstić information content (AvgIpc) is 2.76.